The lowest BCUT2D eigenvalue weighted by Gasteiger charge is -2.06. The average molecular weight is 292 g/mol. The molecule has 5 nitrogen and oxygen atoms in total. The number of rotatable bonds is 4. The van der Waals surface area contributed by atoms with Crippen molar-refractivity contribution in [1.29, 1.82) is 5.26 Å². The maximum Gasteiger partial charge on any atom is 0.339 e. The minimum absolute atomic E-state index is 0.0553. The molecule has 0 saturated heterocycles. The third kappa shape index (κ3) is 2.92. The molecule has 2 rings (SSSR count). The topological polar surface area (TPSA) is 83.5 Å². The predicted molar refractivity (Wildman–Crippen MR) is 70.9 cm³/mol. The standard InChI is InChI=1S/C14H10ClNO4/c1-8-11(14(17)18)5-10(20-8)7-19-13-3-2-9(6-16)4-12(13)15/h2-5H,7H2,1H3,(H,17,18). The van der Waals surface area contributed by atoms with Crippen LogP contribution in [0, 0.1) is 18.3 Å². The summed E-state index contributed by atoms with van der Waals surface area (Å²) < 4.78 is 10.7. The number of carboxylic acid groups (broad SMARTS) is 1. The lowest BCUT2D eigenvalue weighted by atomic mass is 10.2. The third-order valence-corrected chi connectivity index (χ3v) is 2.93. The van der Waals surface area contributed by atoms with Gasteiger partial charge in [0.05, 0.1) is 16.7 Å². The smallest absolute Gasteiger partial charge is 0.339 e. The van der Waals surface area contributed by atoms with Crippen molar-refractivity contribution >= 4 is 17.6 Å². The Hall–Kier alpha value is -2.45. The van der Waals surface area contributed by atoms with Crippen LogP contribution in [0.5, 0.6) is 5.75 Å². The van der Waals surface area contributed by atoms with Crippen molar-refractivity contribution in [2.24, 2.45) is 0 Å². The van der Waals surface area contributed by atoms with E-state index in [1.165, 1.54) is 12.1 Å². The van der Waals surface area contributed by atoms with E-state index >= 15 is 0 Å². The van der Waals surface area contributed by atoms with Crippen LogP contribution in [-0.4, -0.2) is 11.1 Å². The van der Waals surface area contributed by atoms with Gasteiger partial charge in [-0.25, -0.2) is 4.79 Å². The Balaban J connectivity index is 2.11. The van der Waals surface area contributed by atoms with Crippen LogP contribution in [0.1, 0.15) is 27.4 Å². The molecule has 102 valence electrons. The van der Waals surface area contributed by atoms with Crippen LogP contribution in [0.4, 0.5) is 0 Å². The molecule has 0 aliphatic rings. The van der Waals surface area contributed by atoms with E-state index in [9.17, 15) is 4.79 Å². The van der Waals surface area contributed by atoms with Crippen LogP contribution in [-0.2, 0) is 6.61 Å². The monoisotopic (exact) mass is 291 g/mol. The van der Waals surface area contributed by atoms with E-state index in [2.05, 4.69) is 0 Å². The summed E-state index contributed by atoms with van der Waals surface area (Å²) in [5, 5.41) is 18.0. The minimum Gasteiger partial charge on any atom is -0.484 e. The quantitative estimate of drug-likeness (QED) is 0.933. The van der Waals surface area contributed by atoms with Gasteiger partial charge in [-0.05, 0) is 31.2 Å². The van der Waals surface area contributed by atoms with Crippen molar-refractivity contribution in [3.63, 3.8) is 0 Å². The number of ether oxygens (including phenoxy) is 1. The van der Waals surface area contributed by atoms with E-state index in [0.29, 0.717) is 27.9 Å². The van der Waals surface area contributed by atoms with Crippen molar-refractivity contribution in [1.82, 2.24) is 0 Å². The highest BCUT2D eigenvalue weighted by atomic mass is 35.5. The average Bonchev–Trinajstić information content (AvgIpc) is 2.78. The van der Waals surface area contributed by atoms with Crippen LogP contribution in [0.2, 0.25) is 5.02 Å². The Morgan fingerprint density at radius 3 is 2.80 bits per heavy atom. The maximum atomic E-state index is 10.9. The molecule has 6 heteroatoms. The van der Waals surface area contributed by atoms with Crippen LogP contribution >= 0.6 is 11.6 Å². The molecule has 0 aliphatic heterocycles. The summed E-state index contributed by atoms with van der Waals surface area (Å²) in [4.78, 5) is 10.9. The molecule has 0 spiro atoms. The van der Waals surface area contributed by atoms with E-state index in [0.717, 1.165) is 0 Å². The molecular formula is C14H10ClNO4. The Morgan fingerprint density at radius 1 is 1.50 bits per heavy atom. The summed E-state index contributed by atoms with van der Waals surface area (Å²) >= 11 is 5.96. The number of hydrogen-bond acceptors (Lipinski definition) is 4. The summed E-state index contributed by atoms with van der Waals surface area (Å²) in [6.07, 6.45) is 0. The zero-order valence-corrected chi connectivity index (χ0v) is 11.3. The van der Waals surface area contributed by atoms with Crippen molar-refractivity contribution in [3.05, 3.63) is 51.9 Å². The zero-order chi connectivity index (χ0) is 14.7. The summed E-state index contributed by atoms with van der Waals surface area (Å²) in [5.74, 6) is 0.0628. The fourth-order valence-corrected chi connectivity index (χ4v) is 1.90. The highest BCUT2D eigenvalue weighted by molar-refractivity contribution is 6.32. The van der Waals surface area contributed by atoms with Gasteiger partial charge in [0, 0.05) is 0 Å². The Labute approximate surface area is 120 Å². The molecule has 1 aromatic carbocycles. The number of furan rings is 1. The first-order valence-electron chi connectivity index (χ1n) is 5.66. The fourth-order valence-electron chi connectivity index (χ4n) is 1.66. The van der Waals surface area contributed by atoms with Crippen LogP contribution in [0.25, 0.3) is 0 Å². The van der Waals surface area contributed by atoms with Crippen LogP contribution in [0.15, 0.2) is 28.7 Å². The van der Waals surface area contributed by atoms with Gasteiger partial charge in [-0.1, -0.05) is 11.6 Å². The first-order valence-corrected chi connectivity index (χ1v) is 6.04. The van der Waals surface area contributed by atoms with E-state index < -0.39 is 5.97 Å². The molecular weight excluding hydrogens is 282 g/mol. The molecule has 0 radical (unpaired) electrons. The molecule has 1 aromatic heterocycles. The first-order chi connectivity index (χ1) is 9.51. The van der Waals surface area contributed by atoms with Gasteiger partial charge >= 0.3 is 5.97 Å². The Morgan fingerprint density at radius 2 is 2.25 bits per heavy atom. The van der Waals surface area contributed by atoms with Gasteiger partial charge in [0.2, 0.25) is 0 Å². The number of benzene rings is 1. The highest BCUT2D eigenvalue weighted by Gasteiger charge is 2.14. The molecule has 0 saturated carbocycles. The number of halogens is 1. The SMILES string of the molecule is Cc1oc(COc2ccc(C#N)cc2Cl)cc1C(=O)O. The van der Waals surface area contributed by atoms with E-state index in [4.69, 9.17) is 31.1 Å². The molecule has 0 unspecified atom stereocenters. The predicted octanol–water partition coefficient (Wildman–Crippen LogP) is 3.39. The normalized spacial score (nSPS) is 10.1. The largest absolute Gasteiger partial charge is 0.484 e. The van der Waals surface area contributed by atoms with Gasteiger partial charge < -0.3 is 14.3 Å². The van der Waals surface area contributed by atoms with Gasteiger partial charge in [0.15, 0.2) is 0 Å². The number of carbonyl (C=O) groups is 1. The van der Waals surface area contributed by atoms with E-state index in [1.54, 1.807) is 19.1 Å². The number of hydrogen-bond donors (Lipinski definition) is 1. The van der Waals surface area contributed by atoms with Gasteiger partial charge in [0.1, 0.15) is 29.4 Å². The fraction of sp³-hybridized carbons (Fsp3) is 0.143. The van der Waals surface area contributed by atoms with Crippen LogP contribution in [0.3, 0.4) is 0 Å². The second kappa shape index (κ2) is 5.68. The summed E-state index contributed by atoms with van der Waals surface area (Å²) in [6, 6.07) is 8.03. The molecule has 0 bridgehead atoms. The molecule has 0 atom stereocenters. The molecule has 0 amide bonds. The summed E-state index contributed by atoms with van der Waals surface area (Å²) in [5.41, 5.74) is 0.541. The molecule has 20 heavy (non-hydrogen) atoms. The number of nitrogens with zero attached hydrogens (tertiary/aromatic N) is 1. The van der Waals surface area contributed by atoms with Gasteiger partial charge in [0.25, 0.3) is 0 Å². The number of nitriles is 1. The van der Waals surface area contributed by atoms with Crippen molar-refractivity contribution in [2.45, 2.75) is 13.5 Å². The molecule has 0 fully saturated rings. The summed E-state index contributed by atoms with van der Waals surface area (Å²) in [7, 11) is 0. The van der Waals surface area contributed by atoms with E-state index in [-0.39, 0.29) is 12.2 Å². The lowest BCUT2D eigenvalue weighted by Crippen LogP contribution is -1.96. The van der Waals surface area contributed by atoms with Crippen LogP contribution < -0.4 is 4.74 Å². The minimum atomic E-state index is -1.05. The molecule has 1 N–H and O–H groups in total. The molecule has 1 heterocycles. The molecule has 2 aromatic rings. The second-order valence-corrected chi connectivity index (χ2v) is 4.44. The van der Waals surface area contributed by atoms with Gasteiger partial charge in [-0.2, -0.15) is 5.26 Å². The lowest BCUT2D eigenvalue weighted by molar-refractivity contribution is 0.0695. The maximum absolute atomic E-state index is 10.9. The molecule has 0 aliphatic carbocycles. The summed E-state index contributed by atoms with van der Waals surface area (Å²) in [6.45, 7) is 1.63. The van der Waals surface area contributed by atoms with Crippen molar-refractivity contribution in [2.75, 3.05) is 0 Å². The van der Waals surface area contributed by atoms with Gasteiger partial charge in [-0.3, -0.25) is 0 Å². The van der Waals surface area contributed by atoms with Crippen molar-refractivity contribution < 1.29 is 19.1 Å². The number of carboxylic acids is 1. The Bertz CT molecular complexity index is 700. The number of aromatic carboxylic acids is 1. The Kier molecular flexibility index (Phi) is 3.97. The third-order valence-electron chi connectivity index (χ3n) is 2.63. The van der Waals surface area contributed by atoms with E-state index in [1.807, 2.05) is 6.07 Å². The van der Waals surface area contributed by atoms with Crippen molar-refractivity contribution in [3.8, 4) is 11.8 Å². The zero-order valence-electron chi connectivity index (χ0n) is 10.5. The second-order valence-electron chi connectivity index (χ2n) is 4.03. The first kappa shape index (κ1) is 14.0. The van der Waals surface area contributed by atoms with Gasteiger partial charge in [-0.15, -0.1) is 0 Å². The number of aryl methyl sites for hydroxylation is 1. The highest BCUT2D eigenvalue weighted by Crippen LogP contribution is 2.26.